The van der Waals surface area contributed by atoms with Crippen molar-refractivity contribution in [1.29, 1.82) is 0 Å². The fraction of sp³-hybridized carbons (Fsp3) is 0.154. The molecule has 0 aliphatic rings. The van der Waals surface area contributed by atoms with E-state index in [4.69, 9.17) is 5.84 Å². The van der Waals surface area contributed by atoms with Gasteiger partial charge in [0.15, 0.2) is 11.5 Å². The average Bonchev–Trinajstić information content (AvgIpc) is 2.46. The second-order valence-electron chi connectivity index (χ2n) is 4.06. The summed E-state index contributed by atoms with van der Waals surface area (Å²) < 4.78 is 0. The number of carbonyl (C=O) groups excluding carboxylic acids is 1. The van der Waals surface area contributed by atoms with Gasteiger partial charge in [-0.15, -0.1) is 10.2 Å². The number of hydrogen-bond acceptors (Lipinski definition) is 5. The minimum atomic E-state index is -0.265. The Kier molecular flexibility index (Phi) is 4.04. The molecule has 2 rings (SSSR count). The molecule has 0 fully saturated rings. The molecule has 0 aliphatic carbocycles. The van der Waals surface area contributed by atoms with E-state index in [0.717, 1.165) is 11.1 Å². The zero-order chi connectivity index (χ0) is 13.7. The third-order valence-corrected chi connectivity index (χ3v) is 2.75. The smallest absolute Gasteiger partial charge is 0.272 e. The second-order valence-corrected chi connectivity index (χ2v) is 4.06. The third kappa shape index (κ3) is 3.26. The summed E-state index contributed by atoms with van der Waals surface area (Å²) in [5.74, 6) is 5.32. The first-order chi connectivity index (χ1) is 9.20. The Hall–Kier alpha value is -2.47. The first-order valence-corrected chi connectivity index (χ1v) is 5.84. The number of anilines is 1. The van der Waals surface area contributed by atoms with Crippen molar-refractivity contribution >= 4 is 11.7 Å². The lowest BCUT2D eigenvalue weighted by Gasteiger charge is -2.07. The SMILES string of the molecule is Cc1ccccc1CNC(=O)c1ccc(NN)nn1. The largest absolute Gasteiger partial charge is 0.347 e. The molecule has 0 spiro atoms. The molecule has 6 nitrogen and oxygen atoms in total. The molecule has 0 bridgehead atoms. The first kappa shape index (κ1) is 13.0. The van der Waals surface area contributed by atoms with Crippen LogP contribution in [0.25, 0.3) is 0 Å². The summed E-state index contributed by atoms with van der Waals surface area (Å²) in [6.07, 6.45) is 0. The summed E-state index contributed by atoms with van der Waals surface area (Å²) in [7, 11) is 0. The van der Waals surface area contributed by atoms with Crippen molar-refractivity contribution in [2.24, 2.45) is 5.84 Å². The molecule has 98 valence electrons. The lowest BCUT2D eigenvalue weighted by molar-refractivity contribution is 0.0945. The Labute approximate surface area is 111 Å². The minimum Gasteiger partial charge on any atom is -0.347 e. The predicted molar refractivity (Wildman–Crippen MR) is 72.2 cm³/mol. The fourth-order valence-electron chi connectivity index (χ4n) is 1.60. The van der Waals surface area contributed by atoms with Gasteiger partial charge in [-0.1, -0.05) is 24.3 Å². The van der Waals surface area contributed by atoms with Crippen LogP contribution in [-0.2, 0) is 6.54 Å². The molecule has 1 aromatic carbocycles. The van der Waals surface area contributed by atoms with E-state index in [-0.39, 0.29) is 11.6 Å². The summed E-state index contributed by atoms with van der Waals surface area (Å²) in [6, 6.07) is 11.0. The van der Waals surface area contributed by atoms with Crippen LogP contribution in [-0.4, -0.2) is 16.1 Å². The maximum atomic E-state index is 11.9. The van der Waals surface area contributed by atoms with Crippen LogP contribution in [0.2, 0.25) is 0 Å². The Balaban J connectivity index is 1.99. The molecule has 6 heteroatoms. The topological polar surface area (TPSA) is 92.9 Å². The maximum absolute atomic E-state index is 11.9. The van der Waals surface area contributed by atoms with Crippen LogP contribution in [0.4, 0.5) is 5.82 Å². The summed E-state index contributed by atoms with van der Waals surface area (Å²) in [5, 5.41) is 10.3. The molecule has 1 heterocycles. The highest BCUT2D eigenvalue weighted by Crippen LogP contribution is 2.06. The number of nitrogens with one attached hydrogen (secondary N) is 2. The van der Waals surface area contributed by atoms with Gasteiger partial charge in [0.1, 0.15) is 0 Å². The zero-order valence-corrected chi connectivity index (χ0v) is 10.6. The summed E-state index contributed by atoms with van der Waals surface area (Å²) in [6.45, 7) is 2.47. The van der Waals surface area contributed by atoms with Gasteiger partial charge >= 0.3 is 0 Å². The molecule has 0 saturated heterocycles. The number of amides is 1. The number of aryl methyl sites for hydroxylation is 1. The van der Waals surface area contributed by atoms with Crippen LogP contribution in [0.1, 0.15) is 21.6 Å². The van der Waals surface area contributed by atoms with Crippen molar-refractivity contribution in [3.63, 3.8) is 0 Å². The van der Waals surface area contributed by atoms with Crippen LogP contribution < -0.4 is 16.6 Å². The second kappa shape index (κ2) is 5.92. The van der Waals surface area contributed by atoms with Gasteiger partial charge < -0.3 is 10.7 Å². The molecule has 0 aliphatic heterocycles. The first-order valence-electron chi connectivity index (χ1n) is 5.84. The normalized spacial score (nSPS) is 10.0. The number of benzene rings is 1. The Bertz CT molecular complexity index is 568. The van der Waals surface area contributed by atoms with Crippen LogP contribution in [0.15, 0.2) is 36.4 Å². The van der Waals surface area contributed by atoms with Crippen molar-refractivity contribution < 1.29 is 4.79 Å². The molecular weight excluding hydrogens is 242 g/mol. The molecular formula is C13H15N5O. The van der Waals surface area contributed by atoms with Crippen LogP contribution in [0, 0.1) is 6.92 Å². The van der Waals surface area contributed by atoms with E-state index in [1.165, 1.54) is 0 Å². The highest BCUT2D eigenvalue weighted by molar-refractivity contribution is 5.92. The van der Waals surface area contributed by atoms with Gasteiger partial charge in [-0.25, -0.2) is 5.84 Å². The highest BCUT2D eigenvalue weighted by atomic mass is 16.1. The van der Waals surface area contributed by atoms with E-state index < -0.39 is 0 Å². The van der Waals surface area contributed by atoms with Crippen molar-refractivity contribution in [2.45, 2.75) is 13.5 Å². The van der Waals surface area contributed by atoms with Gasteiger partial charge in [-0.2, -0.15) is 0 Å². The van der Waals surface area contributed by atoms with Gasteiger partial charge in [0.2, 0.25) is 0 Å². The monoisotopic (exact) mass is 257 g/mol. The van der Waals surface area contributed by atoms with E-state index in [9.17, 15) is 4.79 Å². The molecule has 1 amide bonds. The predicted octanol–water partition coefficient (Wildman–Crippen LogP) is 1.00. The Morgan fingerprint density at radius 2 is 2.00 bits per heavy atom. The lowest BCUT2D eigenvalue weighted by atomic mass is 10.1. The van der Waals surface area contributed by atoms with Crippen LogP contribution in [0.3, 0.4) is 0 Å². The number of rotatable bonds is 4. The van der Waals surface area contributed by atoms with Crippen molar-refractivity contribution in [3.05, 3.63) is 53.2 Å². The van der Waals surface area contributed by atoms with E-state index in [0.29, 0.717) is 12.4 Å². The molecule has 19 heavy (non-hydrogen) atoms. The number of nitrogens with two attached hydrogens (primary N) is 1. The quantitative estimate of drug-likeness (QED) is 0.561. The summed E-state index contributed by atoms with van der Waals surface area (Å²) >= 11 is 0. The Morgan fingerprint density at radius 1 is 1.21 bits per heavy atom. The van der Waals surface area contributed by atoms with Gasteiger partial charge in [-0.05, 0) is 30.2 Å². The lowest BCUT2D eigenvalue weighted by Crippen LogP contribution is -2.24. The van der Waals surface area contributed by atoms with E-state index in [2.05, 4.69) is 20.9 Å². The zero-order valence-electron chi connectivity index (χ0n) is 10.6. The summed E-state index contributed by atoms with van der Waals surface area (Å²) in [5.41, 5.74) is 4.82. The molecule has 0 radical (unpaired) electrons. The van der Waals surface area contributed by atoms with Crippen LogP contribution >= 0.6 is 0 Å². The number of nitrogen functional groups attached to an aromatic ring is 1. The van der Waals surface area contributed by atoms with E-state index in [1.807, 2.05) is 31.2 Å². The molecule has 0 saturated carbocycles. The third-order valence-electron chi connectivity index (χ3n) is 2.75. The molecule has 4 N–H and O–H groups in total. The number of hydrogen-bond donors (Lipinski definition) is 3. The van der Waals surface area contributed by atoms with Crippen LogP contribution in [0.5, 0.6) is 0 Å². The van der Waals surface area contributed by atoms with Gasteiger partial charge in [0, 0.05) is 6.54 Å². The van der Waals surface area contributed by atoms with E-state index in [1.54, 1.807) is 12.1 Å². The molecule has 0 unspecified atom stereocenters. The molecule has 2 aromatic rings. The highest BCUT2D eigenvalue weighted by Gasteiger charge is 2.08. The van der Waals surface area contributed by atoms with Crippen molar-refractivity contribution in [3.8, 4) is 0 Å². The summed E-state index contributed by atoms with van der Waals surface area (Å²) in [4.78, 5) is 11.9. The number of nitrogens with zero attached hydrogens (tertiary/aromatic N) is 2. The van der Waals surface area contributed by atoms with E-state index >= 15 is 0 Å². The average molecular weight is 257 g/mol. The molecule has 1 aromatic heterocycles. The Morgan fingerprint density at radius 3 is 2.63 bits per heavy atom. The number of carbonyl (C=O) groups is 1. The van der Waals surface area contributed by atoms with Crippen molar-refractivity contribution in [1.82, 2.24) is 15.5 Å². The fourth-order valence-corrected chi connectivity index (χ4v) is 1.60. The van der Waals surface area contributed by atoms with Gasteiger partial charge in [0.25, 0.3) is 5.91 Å². The van der Waals surface area contributed by atoms with Gasteiger partial charge in [-0.3, -0.25) is 4.79 Å². The standard InChI is InChI=1S/C13H15N5O/c1-9-4-2-3-5-10(9)8-15-13(19)11-6-7-12(16-14)18-17-11/h2-7H,8,14H2,1H3,(H,15,19)(H,16,18). The number of aromatic nitrogens is 2. The number of hydrazine groups is 1. The van der Waals surface area contributed by atoms with Crippen molar-refractivity contribution in [2.75, 3.05) is 5.43 Å². The molecule has 0 atom stereocenters. The van der Waals surface area contributed by atoms with Gasteiger partial charge in [0.05, 0.1) is 0 Å². The minimum absolute atomic E-state index is 0.257. The maximum Gasteiger partial charge on any atom is 0.272 e.